The molecule has 1 aliphatic carbocycles. The van der Waals surface area contributed by atoms with Gasteiger partial charge in [-0.3, -0.25) is 4.90 Å². The molecular formula is C19H30N2. The molecule has 0 bridgehead atoms. The molecule has 2 nitrogen and oxygen atoms in total. The van der Waals surface area contributed by atoms with Crippen LogP contribution in [0, 0.1) is 5.92 Å². The molecule has 2 aliphatic rings. The van der Waals surface area contributed by atoms with Crippen LogP contribution in [0.2, 0.25) is 0 Å². The van der Waals surface area contributed by atoms with E-state index in [9.17, 15) is 0 Å². The normalized spacial score (nSPS) is 28.9. The van der Waals surface area contributed by atoms with Gasteiger partial charge < -0.3 is 5.32 Å². The van der Waals surface area contributed by atoms with Gasteiger partial charge in [0.25, 0.3) is 0 Å². The highest BCUT2D eigenvalue weighted by Crippen LogP contribution is 2.30. The Hall–Kier alpha value is -0.860. The van der Waals surface area contributed by atoms with Crippen LogP contribution in [0.5, 0.6) is 0 Å². The first-order valence-electron chi connectivity index (χ1n) is 8.80. The third-order valence-electron chi connectivity index (χ3n) is 5.41. The predicted octanol–water partition coefficient (Wildman–Crippen LogP) is 3.99. The van der Waals surface area contributed by atoms with Crippen LogP contribution in [-0.4, -0.2) is 30.1 Å². The van der Waals surface area contributed by atoms with Gasteiger partial charge in [0.15, 0.2) is 0 Å². The Morgan fingerprint density at radius 2 is 1.76 bits per heavy atom. The Bertz CT molecular complexity index is 422. The summed E-state index contributed by atoms with van der Waals surface area (Å²) >= 11 is 0. The molecule has 1 aromatic carbocycles. The van der Waals surface area contributed by atoms with E-state index in [1.54, 1.807) is 0 Å². The predicted molar refractivity (Wildman–Crippen MR) is 89.4 cm³/mol. The average molecular weight is 286 g/mol. The third kappa shape index (κ3) is 3.49. The molecule has 0 spiro atoms. The van der Waals surface area contributed by atoms with Crippen LogP contribution in [0.4, 0.5) is 0 Å². The highest BCUT2D eigenvalue weighted by molar-refractivity contribution is 5.20. The molecule has 2 fully saturated rings. The summed E-state index contributed by atoms with van der Waals surface area (Å²) in [5.74, 6) is 0.733. The quantitative estimate of drug-likeness (QED) is 0.904. The molecule has 1 saturated heterocycles. The number of nitrogens with one attached hydrogen (secondary N) is 1. The van der Waals surface area contributed by atoms with Crippen LogP contribution in [0.25, 0.3) is 0 Å². The average Bonchev–Trinajstić information content (AvgIpc) is 2.56. The van der Waals surface area contributed by atoms with Gasteiger partial charge >= 0.3 is 0 Å². The summed E-state index contributed by atoms with van der Waals surface area (Å²) in [5.41, 5.74) is 1.44. The van der Waals surface area contributed by atoms with Crippen LogP contribution < -0.4 is 5.32 Å². The maximum Gasteiger partial charge on any atom is 0.0450 e. The fraction of sp³-hybridized carbons (Fsp3) is 0.684. The first-order chi connectivity index (χ1) is 10.3. The van der Waals surface area contributed by atoms with E-state index >= 15 is 0 Å². The zero-order chi connectivity index (χ0) is 14.7. The van der Waals surface area contributed by atoms with Crippen LogP contribution in [0.3, 0.4) is 0 Å². The molecule has 1 heterocycles. The van der Waals surface area contributed by atoms with E-state index in [4.69, 9.17) is 0 Å². The molecule has 1 aliphatic heterocycles. The van der Waals surface area contributed by atoms with Gasteiger partial charge in [-0.2, -0.15) is 0 Å². The van der Waals surface area contributed by atoms with Gasteiger partial charge in [-0.15, -0.1) is 0 Å². The molecule has 1 saturated carbocycles. The second kappa shape index (κ2) is 6.93. The van der Waals surface area contributed by atoms with E-state index in [1.807, 2.05) is 0 Å². The van der Waals surface area contributed by atoms with E-state index in [0.717, 1.165) is 18.5 Å². The molecule has 2 heteroatoms. The minimum atomic E-state index is 0.503. The summed E-state index contributed by atoms with van der Waals surface area (Å²) in [5, 5.41) is 3.79. The maximum atomic E-state index is 3.79. The van der Waals surface area contributed by atoms with Crippen LogP contribution in [-0.2, 0) is 0 Å². The van der Waals surface area contributed by atoms with Gasteiger partial charge in [-0.25, -0.2) is 0 Å². The Labute approximate surface area is 129 Å². The van der Waals surface area contributed by atoms with Crippen molar-refractivity contribution in [1.82, 2.24) is 10.2 Å². The van der Waals surface area contributed by atoms with Crippen molar-refractivity contribution < 1.29 is 0 Å². The van der Waals surface area contributed by atoms with Crippen molar-refractivity contribution in [2.24, 2.45) is 5.92 Å². The minimum Gasteiger partial charge on any atom is -0.307 e. The Morgan fingerprint density at radius 1 is 1.05 bits per heavy atom. The summed E-state index contributed by atoms with van der Waals surface area (Å²) in [6, 6.07) is 13.0. The lowest BCUT2D eigenvalue weighted by molar-refractivity contribution is 0.0389. The van der Waals surface area contributed by atoms with E-state index in [-0.39, 0.29) is 0 Å². The second-order valence-corrected chi connectivity index (χ2v) is 7.17. The lowest BCUT2D eigenvalue weighted by Gasteiger charge is -2.47. The fourth-order valence-corrected chi connectivity index (χ4v) is 4.15. The number of nitrogens with zero attached hydrogens (tertiary/aromatic N) is 1. The molecule has 0 amide bonds. The summed E-state index contributed by atoms with van der Waals surface area (Å²) in [6.45, 7) is 7.07. The lowest BCUT2D eigenvalue weighted by Crippen LogP contribution is -2.58. The molecule has 2 unspecified atom stereocenters. The molecule has 21 heavy (non-hydrogen) atoms. The van der Waals surface area contributed by atoms with E-state index < -0.39 is 0 Å². The van der Waals surface area contributed by atoms with Crippen molar-refractivity contribution in [2.75, 3.05) is 13.1 Å². The van der Waals surface area contributed by atoms with Gasteiger partial charge in [0.1, 0.15) is 0 Å². The van der Waals surface area contributed by atoms with Crippen LogP contribution in [0.1, 0.15) is 57.6 Å². The smallest absolute Gasteiger partial charge is 0.0450 e. The van der Waals surface area contributed by atoms with Crippen molar-refractivity contribution in [1.29, 1.82) is 0 Å². The molecule has 0 aromatic heterocycles. The first kappa shape index (κ1) is 15.1. The summed E-state index contributed by atoms with van der Waals surface area (Å²) in [7, 11) is 0. The third-order valence-corrected chi connectivity index (χ3v) is 5.41. The Balaban J connectivity index is 1.75. The zero-order valence-electron chi connectivity index (χ0n) is 13.6. The van der Waals surface area contributed by atoms with Gasteiger partial charge in [-0.05, 0) is 24.3 Å². The minimum absolute atomic E-state index is 0.503. The first-order valence-corrected chi connectivity index (χ1v) is 8.80. The largest absolute Gasteiger partial charge is 0.307 e. The summed E-state index contributed by atoms with van der Waals surface area (Å²) in [4.78, 5) is 2.85. The highest BCUT2D eigenvalue weighted by Gasteiger charge is 2.35. The van der Waals surface area contributed by atoms with Crippen LogP contribution in [0.15, 0.2) is 30.3 Å². The van der Waals surface area contributed by atoms with Gasteiger partial charge in [0, 0.05) is 31.2 Å². The number of rotatable bonds is 3. The van der Waals surface area contributed by atoms with Gasteiger partial charge in [0.05, 0.1) is 0 Å². The monoisotopic (exact) mass is 286 g/mol. The number of hydrogen-bond acceptors (Lipinski definition) is 2. The van der Waals surface area contributed by atoms with E-state index in [1.165, 1.54) is 44.2 Å². The molecule has 2 atom stereocenters. The van der Waals surface area contributed by atoms with Crippen molar-refractivity contribution in [3.63, 3.8) is 0 Å². The Morgan fingerprint density at radius 3 is 2.43 bits per heavy atom. The van der Waals surface area contributed by atoms with Crippen molar-refractivity contribution in [3.05, 3.63) is 35.9 Å². The van der Waals surface area contributed by atoms with Crippen LogP contribution >= 0.6 is 0 Å². The fourth-order valence-electron chi connectivity index (χ4n) is 4.15. The molecule has 3 rings (SSSR count). The van der Waals surface area contributed by atoms with E-state index in [2.05, 4.69) is 54.4 Å². The molecule has 1 aromatic rings. The number of benzene rings is 1. The van der Waals surface area contributed by atoms with Gasteiger partial charge in [0.2, 0.25) is 0 Å². The molecular weight excluding hydrogens is 256 g/mol. The summed E-state index contributed by atoms with van der Waals surface area (Å²) in [6.07, 6.45) is 7.11. The van der Waals surface area contributed by atoms with Crippen molar-refractivity contribution in [3.8, 4) is 0 Å². The van der Waals surface area contributed by atoms with Crippen molar-refractivity contribution >= 4 is 0 Å². The maximum absolute atomic E-state index is 3.79. The lowest BCUT2D eigenvalue weighted by atomic mass is 9.88. The highest BCUT2D eigenvalue weighted by atomic mass is 15.3. The van der Waals surface area contributed by atoms with Crippen molar-refractivity contribution in [2.45, 2.75) is 64.1 Å². The topological polar surface area (TPSA) is 15.3 Å². The SMILES string of the molecule is CC(C)C1CNC(c2ccccc2)CN1C1CCCCC1. The number of piperazine rings is 1. The zero-order valence-corrected chi connectivity index (χ0v) is 13.6. The van der Waals surface area contributed by atoms with Gasteiger partial charge in [-0.1, -0.05) is 63.4 Å². The standard InChI is InChI=1S/C19H30N2/c1-15(2)19-13-20-18(16-9-5-3-6-10-16)14-21(19)17-11-7-4-8-12-17/h3,5-6,9-10,15,17-20H,4,7-8,11-14H2,1-2H3. The number of hydrogen-bond donors (Lipinski definition) is 1. The molecule has 0 radical (unpaired) electrons. The second-order valence-electron chi connectivity index (χ2n) is 7.17. The Kier molecular flexibility index (Phi) is 4.97. The molecule has 116 valence electrons. The molecule has 1 N–H and O–H groups in total. The van der Waals surface area contributed by atoms with E-state index in [0.29, 0.717) is 12.1 Å². The summed E-state index contributed by atoms with van der Waals surface area (Å²) < 4.78 is 0.